The molecular weight excluding hydrogens is 230 g/mol. The first-order valence-electron chi connectivity index (χ1n) is 6.23. The number of hydrogen-bond acceptors (Lipinski definition) is 4. The van der Waals surface area contributed by atoms with Crippen LogP contribution in [0.5, 0.6) is 5.75 Å². The van der Waals surface area contributed by atoms with Gasteiger partial charge in [-0.1, -0.05) is 12.1 Å². The van der Waals surface area contributed by atoms with Crippen molar-refractivity contribution in [3.05, 3.63) is 29.8 Å². The molecule has 0 spiro atoms. The highest BCUT2D eigenvalue weighted by Crippen LogP contribution is 2.27. The van der Waals surface area contributed by atoms with Crippen LogP contribution in [0, 0.1) is 0 Å². The third kappa shape index (κ3) is 2.83. The molecule has 1 N–H and O–H groups in total. The van der Waals surface area contributed by atoms with Crippen molar-refractivity contribution < 1.29 is 14.2 Å². The first kappa shape index (κ1) is 13.3. The van der Waals surface area contributed by atoms with Crippen molar-refractivity contribution >= 4 is 0 Å². The van der Waals surface area contributed by atoms with E-state index in [4.69, 9.17) is 14.2 Å². The van der Waals surface area contributed by atoms with Gasteiger partial charge >= 0.3 is 0 Å². The van der Waals surface area contributed by atoms with Gasteiger partial charge in [-0.3, -0.25) is 0 Å². The van der Waals surface area contributed by atoms with E-state index in [1.165, 1.54) is 0 Å². The minimum atomic E-state index is 0.160. The van der Waals surface area contributed by atoms with Gasteiger partial charge in [-0.05, 0) is 31.2 Å². The number of hydrogen-bond donors (Lipinski definition) is 1. The van der Waals surface area contributed by atoms with Gasteiger partial charge in [0.1, 0.15) is 5.75 Å². The molecule has 18 heavy (non-hydrogen) atoms. The molecule has 1 fully saturated rings. The highest BCUT2D eigenvalue weighted by atomic mass is 16.5. The van der Waals surface area contributed by atoms with Gasteiger partial charge in [0, 0.05) is 13.2 Å². The molecule has 4 nitrogen and oxygen atoms in total. The number of ether oxygens (including phenoxy) is 3. The molecule has 2 rings (SSSR count). The van der Waals surface area contributed by atoms with Crippen molar-refractivity contribution in [2.24, 2.45) is 0 Å². The largest absolute Gasteiger partial charge is 0.497 e. The van der Waals surface area contributed by atoms with Crippen molar-refractivity contribution in [2.75, 3.05) is 21.3 Å². The lowest BCUT2D eigenvalue weighted by molar-refractivity contribution is -0.138. The smallest absolute Gasteiger partial charge is 0.118 e. The lowest BCUT2D eigenvalue weighted by atomic mass is 9.85. The Morgan fingerprint density at radius 3 is 2.50 bits per heavy atom. The molecule has 3 unspecified atom stereocenters. The van der Waals surface area contributed by atoms with Gasteiger partial charge in [0.05, 0.1) is 25.9 Å². The Morgan fingerprint density at radius 1 is 1.22 bits per heavy atom. The average Bonchev–Trinajstić information content (AvgIpc) is 2.39. The molecule has 1 aliphatic carbocycles. The Labute approximate surface area is 108 Å². The summed E-state index contributed by atoms with van der Waals surface area (Å²) in [6, 6.07) is 8.35. The molecule has 0 saturated heterocycles. The summed E-state index contributed by atoms with van der Waals surface area (Å²) in [5.74, 6) is 0.868. The van der Waals surface area contributed by atoms with Gasteiger partial charge in [0.15, 0.2) is 0 Å². The number of benzene rings is 1. The van der Waals surface area contributed by atoms with Gasteiger partial charge in [-0.25, -0.2) is 0 Å². The number of rotatable bonds is 6. The van der Waals surface area contributed by atoms with E-state index in [-0.39, 0.29) is 12.2 Å². The van der Waals surface area contributed by atoms with Crippen LogP contribution in [-0.4, -0.2) is 39.5 Å². The predicted molar refractivity (Wildman–Crippen MR) is 69.8 cm³/mol. The summed E-state index contributed by atoms with van der Waals surface area (Å²) in [5, 5.41) is 3.22. The minimum Gasteiger partial charge on any atom is -0.497 e. The van der Waals surface area contributed by atoms with Crippen molar-refractivity contribution in [1.82, 2.24) is 5.32 Å². The molecule has 4 heteroatoms. The van der Waals surface area contributed by atoms with Crippen LogP contribution in [-0.2, 0) is 16.1 Å². The van der Waals surface area contributed by atoms with E-state index < -0.39 is 0 Å². The summed E-state index contributed by atoms with van der Waals surface area (Å²) in [5.41, 5.74) is 1.15. The van der Waals surface area contributed by atoms with Gasteiger partial charge in [-0.15, -0.1) is 0 Å². The van der Waals surface area contributed by atoms with E-state index in [1.807, 2.05) is 31.3 Å². The van der Waals surface area contributed by atoms with Crippen molar-refractivity contribution in [3.63, 3.8) is 0 Å². The van der Waals surface area contributed by atoms with Crippen molar-refractivity contribution in [1.29, 1.82) is 0 Å². The van der Waals surface area contributed by atoms with Gasteiger partial charge in [-0.2, -0.15) is 0 Å². The Hall–Kier alpha value is -1.10. The topological polar surface area (TPSA) is 39.7 Å². The molecular formula is C14H21NO3. The molecule has 3 atom stereocenters. The van der Waals surface area contributed by atoms with Crippen LogP contribution in [0.4, 0.5) is 0 Å². The average molecular weight is 251 g/mol. The maximum absolute atomic E-state index is 5.87. The van der Waals surface area contributed by atoms with E-state index >= 15 is 0 Å². The fraction of sp³-hybridized carbons (Fsp3) is 0.571. The molecule has 1 aromatic rings. The van der Waals surface area contributed by atoms with E-state index in [9.17, 15) is 0 Å². The van der Waals surface area contributed by atoms with E-state index in [0.29, 0.717) is 12.6 Å². The fourth-order valence-electron chi connectivity index (χ4n) is 2.27. The molecule has 1 aliphatic rings. The van der Waals surface area contributed by atoms with Crippen LogP contribution in [0.3, 0.4) is 0 Å². The summed E-state index contributed by atoms with van der Waals surface area (Å²) in [4.78, 5) is 0. The second-order valence-electron chi connectivity index (χ2n) is 4.53. The Kier molecular flexibility index (Phi) is 4.58. The summed E-state index contributed by atoms with van der Waals surface area (Å²) < 4.78 is 16.4. The molecule has 1 saturated carbocycles. The summed E-state index contributed by atoms with van der Waals surface area (Å²) in [6.45, 7) is 0.616. The van der Waals surface area contributed by atoms with Crippen LogP contribution in [0.1, 0.15) is 12.0 Å². The van der Waals surface area contributed by atoms with Crippen molar-refractivity contribution in [2.45, 2.75) is 31.3 Å². The highest BCUT2D eigenvalue weighted by molar-refractivity contribution is 5.26. The Bertz CT molecular complexity index is 366. The molecule has 1 aromatic carbocycles. The standard InChI is InChI=1S/C14H21NO3/c1-15-12-8-13(14(12)17-3)18-9-10-4-6-11(16-2)7-5-10/h4-7,12-15H,8-9H2,1-3H3. The first-order chi connectivity index (χ1) is 8.78. The third-order valence-electron chi connectivity index (χ3n) is 3.52. The molecule has 0 aromatic heterocycles. The monoisotopic (exact) mass is 251 g/mol. The molecule has 100 valence electrons. The van der Waals surface area contributed by atoms with Crippen LogP contribution in [0.2, 0.25) is 0 Å². The quantitative estimate of drug-likeness (QED) is 0.833. The highest BCUT2D eigenvalue weighted by Gasteiger charge is 2.41. The molecule has 0 radical (unpaired) electrons. The van der Waals surface area contributed by atoms with Crippen LogP contribution in [0.15, 0.2) is 24.3 Å². The Morgan fingerprint density at radius 2 is 1.94 bits per heavy atom. The third-order valence-corrected chi connectivity index (χ3v) is 3.52. The minimum absolute atomic E-state index is 0.160. The van der Waals surface area contributed by atoms with Gasteiger partial charge in [0.25, 0.3) is 0 Å². The maximum atomic E-state index is 5.87. The van der Waals surface area contributed by atoms with Crippen LogP contribution in [0.25, 0.3) is 0 Å². The Balaban J connectivity index is 1.81. The molecule has 0 amide bonds. The van der Waals surface area contributed by atoms with E-state index in [1.54, 1.807) is 14.2 Å². The normalized spacial score (nSPS) is 26.7. The van der Waals surface area contributed by atoms with E-state index in [0.717, 1.165) is 17.7 Å². The zero-order valence-electron chi connectivity index (χ0n) is 11.2. The lowest BCUT2D eigenvalue weighted by Crippen LogP contribution is -2.58. The van der Waals surface area contributed by atoms with Crippen LogP contribution < -0.4 is 10.1 Å². The zero-order valence-corrected chi connectivity index (χ0v) is 11.2. The SMILES string of the molecule is CNC1CC(OCc2ccc(OC)cc2)C1OC. The van der Waals surface area contributed by atoms with Gasteiger partial charge in [0.2, 0.25) is 0 Å². The number of nitrogens with one attached hydrogen (secondary N) is 1. The van der Waals surface area contributed by atoms with E-state index in [2.05, 4.69) is 5.32 Å². The zero-order chi connectivity index (χ0) is 13.0. The van der Waals surface area contributed by atoms with Gasteiger partial charge < -0.3 is 19.5 Å². The predicted octanol–water partition coefficient (Wildman–Crippen LogP) is 1.59. The summed E-state index contributed by atoms with van der Waals surface area (Å²) in [7, 11) is 5.36. The van der Waals surface area contributed by atoms with Crippen molar-refractivity contribution in [3.8, 4) is 5.75 Å². The molecule has 0 aliphatic heterocycles. The molecule has 0 heterocycles. The number of methoxy groups -OCH3 is 2. The van der Waals surface area contributed by atoms with Crippen LogP contribution >= 0.6 is 0 Å². The molecule has 0 bridgehead atoms. The lowest BCUT2D eigenvalue weighted by Gasteiger charge is -2.43. The maximum Gasteiger partial charge on any atom is 0.118 e. The summed E-state index contributed by atoms with van der Waals surface area (Å²) >= 11 is 0. The number of likely N-dealkylation sites (N-methyl/N-ethyl adjacent to an activating group) is 1. The second kappa shape index (κ2) is 6.18. The summed E-state index contributed by atoms with van der Waals surface area (Å²) in [6.07, 6.45) is 1.35. The second-order valence-corrected chi connectivity index (χ2v) is 4.53. The fourth-order valence-corrected chi connectivity index (χ4v) is 2.27. The first-order valence-corrected chi connectivity index (χ1v) is 6.23.